The summed E-state index contributed by atoms with van der Waals surface area (Å²) in [7, 11) is 1.27. The maximum atomic E-state index is 13.0. The molecule has 0 atom stereocenters. The van der Waals surface area contributed by atoms with Crippen LogP contribution in [0.25, 0.3) is 0 Å². The first kappa shape index (κ1) is 14.2. The Hall–Kier alpha value is -2.21. The second-order valence-electron chi connectivity index (χ2n) is 3.88. The Morgan fingerprint density at radius 3 is 2.80 bits per heavy atom. The average Bonchev–Trinajstić information content (AvgIpc) is 2.48. The Morgan fingerprint density at radius 2 is 2.20 bits per heavy atom. The van der Waals surface area contributed by atoms with Crippen molar-refractivity contribution in [3.63, 3.8) is 0 Å². The third-order valence-corrected chi connectivity index (χ3v) is 2.79. The Morgan fingerprint density at radius 1 is 1.40 bits per heavy atom. The molecule has 0 radical (unpaired) electrons. The molecule has 0 spiro atoms. The van der Waals surface area contributed by atoms with E-state index in [1.54, 1.807) is 6.07 Å². The van der Waals surface area contributed by atoms with E-state index in [2.05, 4.69) is 20.0 Å². The van der Waals surface area contributed by atoms with Crippen molar-refractivity contribution >= 4 is 23.4 Å². The van der Waals surface area contributed by atoms with Crippen LogP contribution in [0.4, 0.5) is 10.2 Å². The van der Waals surface area contributed by atoms with E-state index in [9.17, 15) is 9.18 Å². The highest BCUT2D eigenvalue weighted by Crippen LogP contribution is 2.16. The molecule has 0 aliphatic rings. The number of nitrogens with zero attached hydrogens (tertiary/aromatic N) is 2. The van der Waals surface area contributed by atoms with Gasteiger partial charge in [0.05, 0.1) is 24.5 Å². The molecule has 7 heteroatoms. The van der Waals surface area contributed by atoms with Crippen molar-refractivity contribution in [3.8, 4) is 0 Å². The van der Waals surface area contributed by atoms with Crippen LogP contribution in [-0.4, -0.2) is 23.0 Å². The SMILES string of the molecule is COC(=O)c1cnc(NCc2ccc(F)c(Cl)c2)cn1. The van der Waals surface area contributed by atoms with Gasteiger partial charge in [0.15, 0.2) is 5.69 Å². The molecular formula is C13H11ClFN3O2. The van der Waals surface area contributed by atoms with Crippen molar-refractivity contribution < 1.29 is 13.9 Å². The Kier molecular flexibility index (Phi) is 4.47. The number of carbonyl (C=O) groups excluding carboxylic acids is 1. The third kappa shape index (κ3) is 3.42. The molecule has 2 aromatic rings. The lowest BCUT2D eigenvalue weighted by molar-refractivity contribution is 0.0593. The van der Waals surface area contributed by atoms with Crippen LogP contribution in [0.2, 0.25) is 5.02 Å². The van der Waals surface area contributed by atoms with Gasteiger partial charge in [-0.3, -0.25) is 0 Å². The summed E-state index contributed by atoms with van der Waals surface area (Å²) in [6.45, 7) is 0.409. The summed E-state index contributed by atoms with van der Waals surface area (Å²) in [6.07, 6.45) is 2.73. The first-order chi connectivity index (χ1) is 9.60. The number of carbonyl (C=O) groups is 1. The highest BCUT2D eigenvalue weighted by atomic mass is 35.5. The van der Waals surface area contributed by atoms with Gasteiger partial charge in [0.25, 0.3) is 0 Å². The first-order valence-electron chi connectivity index (χ1n) is 5.68. The number of hydrogen-bond acceptors (Lipinski definition) is 5. The molecule has 1 N–H and O–H groups in total. The molecule has 0 unspecified atom stereocenters. The van der Waals surface area contributed by atoms with E-state index in [0.717, 1.165) is 5.56 Å². The lowest BCUT2D eigenvalue weighted by atomic mass is 10.2. The fourth-order valence-corrected chi connectivity index (χ4v) is 1.67. The van der Waals surface area contributed by atoms with E-state index < -0.39 is 11.8 Å². The molecule has 5 nitrogen and oxygen atoms in total. The standard InChI is InChI=1S/C13H11ClFN3O2/c1-20-13(19)11-6-18-12(7-16-11)17-5-8-2-3-10(15)9(14)4-8/h2-4,6-7H,5H2,1H3,(H,17,18). The van der Waals surface area contributed by atoms with Gasteiger partial charge in [-0.1, -0.05) is 17.7 Å². The number of methoxy groups -OCH3 is 1. The molecule has 2 rings (SSSR count). The second kappa shape index (κ2) is 6.29. The minimum Gasteiger partial charge on any atom is -0.464 e. The number of nitrogens with one attached hydrogen (secondary N) is 1. The van der Waals surface area contributed by atoms with Crippen molar-refractivity contribution in [2.24, 2.45) is 0 Å². The number of anilines is 1. The van der Waals surface area contributed by atoms with Crippen LogP contribution >= 0.6 is 11.6 Å². The lowest BCUT2D eigenvalue weighted by Crippen LogP contribution is -2.07. The van der Waals surface area contributed by atoms with Crippen LogP contribution in [-0.2, 0) is 11.3 Å². The molecule has 0 saturated carbocycles. The zero-order chi connectivity index (χ0) is 14.5. The van der Waals surface area contributed by atoms with Gasteiger partial charge in [0.1, 0.15) is 11.6 Å². The zero-order valence-corrected chi connectivity index (χ0v) is 11.3. The summed E-state index contributed by atoms with van der Waals surface area (Å²) in [4.78, 5) is 19.1. The van der Waals surface area contributed by atoms with Crippen LogP contribution in [0.3, 0.4) is 0 Å². The van der Waals surface area contributed by atoms with Crippen molar-refractivity contribution in [3.05, 3.63) is 52.7 Å². The normalized spacial score (nSPS) is 10.2. The van der Waals surface area contributed by atoms with Crippen molar-refractivity contribution in [2.45, 2.75) is 6.54 Å². The molecule has 1 aromatic carbocycles. The van der Waals surface area contributed by atoms with Gasteiger partial charge in [-0.2, -0.15) is 0 Å². The van der Waals surface area contributed by atoms with Gasteiger partial charge in [-0.25, -0.2) is 19.2 Å². The number of aromatic nitrogens is 2. The monoisotopic (exact) mass is 295 g/mol. The smallest absolute Gasteiger partial charge is 0.358 e. The predicted octanol–water partition coefficient (Wildman–Crippen LogP) is 2.67. The molecule has 0 fully saturated rings. The van der Waals surface area contributed by atoms with Gasteiger partial charge in [0.2, 0.25) is 0 Å². The van der Waals surface area contributed by atoms with E-state index in [-0.39, 0.29) is 10.7 Å². The van der Waals surface area contributed by atoms with Crippen LogP contribution in [0.1, 0.15) is 16.1 Å². The van der Waals surface area contributed by atoms with E-state index in [4.69, 9.17) is 11.6 Å². The Balaban J connectivity index is 2.00. The summed E-state index contributed by atoms with van der Waals surface area (Å²) in [5, 5.41) is 3.05. The number of hydrogen-bond donors (Lipinski definition) is 1. The minimum absolute atomic E-state index is 0.0661. The topological polar surface area (TPSA) is 64.1 Å². The number of esters is 1. The molecule has 0 bridgehead atoms. The highest BCUT2D eigenvalue weighted by Gasteiger charge is 2.07. The fraction of sp³-hybridized carbons (Fsp3) is 0.154. The van der Waals surface area contributed by atoms with Crippen LogP contribution < -0.4 is 5.32 Å². The first-order valence-corrected chi connectivity index (χ1v) is 6.06. The maximum absolute atomic E-state index is 13.0. The zero-order valence-electron chi connectivity index (χ0n) is 10.6. The van der Waals surface area contributed by atoms with Crippen LogP contribution in [0.5, 0.6) is 0 Å². The summed E-state index contributed by atoms with van der Waals surface area (Å²) < 4.78 is 17.5. The second-order valence-corrected chi connectivity index (χ2v) is 4.29. The maximum Gasteiger partial charge on any atom is 0.358 e. The van der Waals surface area contributed by atoms with E-state index in [0.29, 0.717) is 12.4 Å². The predicted molar refractivity (Wildman–Crippen MR) is 72.1 cm³/mol. The van der Waals surface area contributed by atoms with Crippen LogP contribution in [0.15, 0.2) is 30.6 Å². The number of ether oxygens (including phenoxy) is 1. The summed E-state index contributed by atoms with van der Waals surface area (Å²) in [6, 6.07) is 4.44. The van der Waals surface area contributed by atoms with Gasteiger partial charge >= 0.3 is 5.97 Å². The molecule has 0 saturated heterocycles. The van der Waals surface area contributed by atoms with Crippen LogP contribution in [0, 0.1) is 5.82 Å². The molecule has 1 heterocycles. The van der Waals surface area contributed by atoms with Gasteiger partial charge in [0, 0.05) is 6.54 Å². The average molecular weight is 296 g/mol. The molecular weight excluding hydrogens is 285 g/mol. The molecule has 0 aliphatic carbocycles. The number of benzene rings is 1. The quantitative estimate of drug-likeness (QED) is 0.879. The Bertz CT molecular complexity index is 620. The Labute approximate surface area is 119 Å². The number of halogens is 2. The lowest BCUT2D eigenvalue weighted by Gasteiger charge is -2.06. The molecule has 1 aromatic heterocycles. The molecule has 104 valence electrons. The van der Waals surface area contributed by atoms with E-state index >= 15 is 0 Å². The van der Waals surface area contributed by atoms with E-state index in [1.165, 1.54) is 31.6 Å². The molecule has 0 aliphatic heterocycles. The highest BCUT2D eigenvalue weighted by molar-refractivity contribution is 6.30. The third-order valence-electron chi connectivity index (χ3n) is 2.50. The van der Waals surface area contributed by atoms with Gasteiger partial charge in [-0.05, 0) is 17.7 Å². The summed E-state index contributed by atoms with van der Waals surface area (Å²) >= 11 is 5.69. The molecule has 0 amide bonds. The fourth-order valence-electron chi connectivity index (χ4n) is 1.47. The van der Waals surface area contributed by atoms with Crippen molar-refractivity contribution in [2.75, 3.05) is 12.4 Å². The summed E-state index contributed by atoms with van der Waals surface area (Å²) in [5.74, 6) is -0.523. The van der Waals surface area contributed by atoms with Crippen molar-refractivity contribution in [1.29, 1.82) is 0 Å². The number of rotatable bonds is 4. The van der Waals surface area contributed by atoms with E-state index in [1.807, 2.05) is 0 Å². The largest absolute Gasteiger partial charge is 0.464 e. The van der Waals surface area contributed by atoms with Gasteiger partial charge < -0.3 is 10.1 Å². The summed E-state index contributed by atoms with van der Waals surface area (Å²) in [5.41, 5.74) is 0.929. The minimum atomic E-state index is -0.547. The van der Waals surface area contributed by atoms with Crippen molar-refractivity contribution in [1.82, 2.24) is 9.97 Å². The van der Waals surface area contributed by atoms with Gasteiger partial charge in [-0.15, -0.1) is 0 Å². The molecule has 20 heavy (non-hydrogen) atoms.